The third-order valence-corrected chi connectivity index (χ3v) is 6.53. The van der Waals surface area contributed by atoms with E-state index in [1.54, 1.807) is 54.2 Å². The summed E-state index contributed by atoms with van der Waals surface area (Å²) in [6.07, 6.45) is 2.01. The van der Waals surface area contributed by atoms with Crippen LogP contribution in [-0.4, -0.2) is 57.9 Å². The predicted octanol–water partition coefficient (Wildman–Crippen LogP) is 1.92. The lowest BCUT2D eigenvalue weighted by molar-refractivity contribution is -0.130. The molecule has 0 saturated carbocycles. The van der Waals surface area contributed by atoms with E-state index in [1.165, 1.54) is 4.90 Å². The van der Waals surface area contributed by atoms with Crippen LogP contribution in [0, 0.1) is 11.6 Å². The second-order valence-electron chi connectivity index (χ2n) is 9.22. The molecule has 5 amide bonds. The van der Waals surface area contributed by atoms with Gasteiger partial charge in [0.2, 0.25) is 11.8 Å². The molecule has 4 rings (SSSR count). The molecular formula is C27H28F2N6O4. The number of urea groups is 1. The van der Waals surface area contributed by atoms with E-state index in [9.17, 15) is 28.0 Å². The van der Waals surface area contributed by atoms with Gasteiger partial charge in [0.15, 0.2) is 0 Å². The molecule has 2 aromatic carbocycles. The molecule has 0 radical (unpaired) electrons. The van der Waals surface area contributed by atoms with Crippen molar-refractivity contribution in [2.45, 2.75) is 31.0 Å². The van der Waals surface area contributed by atoms with Gasteiger partial charge in [0.1, 0.15) is 29.4 Å². The van der Waals surface area contributed by atoms with Crippen LogP contribution in [0.3, 0.4) is 0 Å². The van der Waals surface area contributed by atoms with Crippen molar-refractivity contribution in [3.05, 3.63) is 89.8 Å². The first kappa shape index (κ1) is 27.3. The topological polar surface area (TPSA) is 139 Å². The first-order chi connectivity index (χ1) is 18.6. The second kappa shape index (κ2) is 11.8. The quantitative estimate of drug-likeness (QED) is 0.348. The maximum Gasteiger partial charge on any atom is 0.319 e. The van der Waals surface area contributed by atoms with Gasteiger partial charge in [-0.3, -0.25) is 14.4 Å². The Bertz CT molecular complexity index is 1380. The number of carbonyl (C=O) groups excluding carboxylic acids is 4. The number of hydrogen-bond acceptors (Lipinski definition) is 4. The van der Waals surface area contributed by atoms with Crippen molar-refractivity contribution in [3.8, 4) is 0 Å². The third-order valence-electron chi connectivity index (χ3n) is 6.53. The van der Waals surface area contributed by atoms with Gasteiger partial charge < -0.3 is 31.2 Å². The Morgan fingerprint density at radius 2 is 1.79 bits per heavy atom. The molecule has 0 unspecified atom stereocenters. The maximum absolute atomic E-state index is 14.0. The molecule has 3 aromatic rings. The van der Waals surface area contributed by atoms with E-state index in [2.05, 4.69) is 16.0 Å². The van der Waals surface area contributed by atoms with E-state index >= 15 is 0 Å². The summed E-state index contributed by atoms with van der Waals surface area (Å²) in [6, 6.07) is 10.9. The summed E-state index contributed by atoms with van der Waals surface area (Å²) >= 11 is 0. The van der Waals surface area contributed by atoms with Crippen molar-refractivity contribution in [2.75, 3.05) is 11.9 Å². The van der Waals surface area contributed by atoms with Crippen LogP contribution in [0.2, 0.25) is 0 Å². The molecule has 0 aliphatic carbocycles. The smallest absolute Gasteiger partial charge is 0.319 e. The van der Waals surface area contributed by atoms with Gasteiger partial charge in [-0.1, -0.05) is 30.3 Å². The van der Waals surface area contributed by atoms with Crippen molar-refractivity contribution in [2.24, 2.45) is 12.8 Å². The zero-order valence-electron chi connectivity index (χ0n) is 21.1. The summed E-state index contributed by atoms with van der Waals surface area (Å²) in [5.74, 6) is -3.68. The average Bonchev–Trinajstić information content (AvgIpc) is 3.51. The zero-order chi connectivity index (χ0) is 28.1. The molecule has 3 atom stereocenters. The van der Waals surface area contributed by atoms with Gasteiger partial charge in [-0.05, 0) is 36.2 Å². The van der Waals surface area contributed by atoms with E-state index in [4.69, 9.17) is 5.73 Å². The summed E-state index contributed by atoms with van der Waals surface area (Å²) in [4.78, 5) is 53.2. The summed E-state index contributed by atoms with van der Waals surface area (Å²) in [5.41, 5.74) is 6.39. The highest BCUT2D eigenvalue weighted by Gasteiger charge is 2.44. The molecule has 2 heterocycles. The SMILES string of the molecule is Cn1cccc1C(=O)N1CC[C@H](NC(=O)Nc2ccc(F)cc2F)[C@H]1C(=O)N[C@H](Cc1ccccc1)C(N)=O. The molecule has 1 saturated heterocycles. The number of nitrogens with zero attached hydrogens (tertiary/aromatic N) is 2. The van der Waals surface area contributed by atoms with Crippen molar-refractivity contribution in [3.63, 3.8) is 0 Å². The van der Waals surface area contributed by atoms with Gasteiger partial charge in [-0.25, -0.2) is 13.6 Å². The highest BCUT2D eigenvalue weighted by molar-refractivity contribution is 5.99. The molecule has 39 heavy (non-hydrogen) atoms. The van der Waals surface area contributed by atoms with Crippen LogP contribution in [0.15, 0.2) is 66.9 Å². The second-order valence-corrected chi connectivity index (χ2v) is 9.22. The lowest BCUT2D eigenvalue weighted by Gasteiger charge is -2.29. The number of rotatable bonds is 8. The van der Waals surface area contributed by atoms with Crippen molar-refractivity contribution >= 4 is 29.4 Å². The highest BCUT2D eigenvalue weighted by Crippen LogP contribution is 2.23. The highest BCUT2D eigenvalue weighted by atomic mass is 19.1. The number of likely N-dealkylation sites (tertiary alicyclic amines) is 1. The minimum absolute atomic E-state index is 0.123. The number of halogens is 2. The van der Waals surface area contributed by atoms with E-state index in [0.29, 0.717) is 11.8 Å². The molecule has 204 valence electrons. The summed E-state index contributed by atoms with van der Waals surface area (Å²) in [7, 11) is 1.68. The van der Waals surface area contributed by atoms with Crippen LogP contribution in [-0.2, 0) is 23.1 Å². The minimum atomic E-state index is -1.20. The number of anilines is 1. The number of carbonyl (C=O) groups is 4. The molecule has 0 spiro atoms. The van der Waals surface area contributed by atoms with Crippen LogP contribution in [0.4, 0.5) is 19.3 Å². The molecule has 1 fully saturated rings. The monoisotopic (exact) mass is 538 g/mol. The Kier molecular flexibility index (Phi) is 8.23. The molecule has 1 aliphatic rings. The third kappa shape index (κ3) is 6.40. The summed E-state index contributed by atoms with van der Waals surface area (Å²) in [5, 5.41) is 7.53. The largest absolute Gasteiger partial charge is 0.368 e. The Morgan fingerprint density at radius 3 is 2.44 bits per heavy atom. The van der Waals surface area contributed by atoms with Crippen LogP contribution in [0.25, 0.3) is 0 Å². The Morgan fingerprint density at radius 1 is 1.05 bits per heavy atom. The Labute approximate surface area is 223 Å². The fraction of sp³-hybridized carbons (Fsp3) is 0.259. The van der Waals surface area contributed by atoms with E-state index < -0.39 is 53.5 Å². The van der Waals surface area contributed by atoms with Crippen molar-refractivity contribution in [1.82, 2.24) is 20.1 Å². The maximum atomic E-state index is 14.0. The van der Waals surface area contributed by atoms with E-state index in [-0.39, 0.29) is 25.1 Å². The number of benzene rings is 2. The Hall–Kier alpha value is -4.74. The first-order valence-electron chi connectivity index (χ1n) is 12.2. The normalized spacial score (nSPS) is 17.4. The predicted molar refractivity (Wildman–Crippen MR) is 138 cm³/mol. The number of hydrogen-bond donors (Lipinski definition) is 4. The number of amides is 5. The number of primary amides is 1. The summed E-state index contributed by atoms with van der Waals surface area (Å²) in [6.45, 7) is 0.123. The lowest BCUT2D eigenvalue weighted by atomic mass is 10.0. The lowest BCUT2D eigenvalue weighted by Crippen LogP contribution is -2.58. The number of aryl methyl sites for hydroxylation is 1. The molecule has 0 bridgehead atoms. The van der Waals surface area contributed by atoms with Crippen LogP contribution in [0.1, 0.15) is 22.5 Å². The molecule has 5 N–H and O–H groups in total. The van der Waals surface area contributed by atoms with E-state index in [1.807, 2.05) is 6.07 Å². The Balaban J connectivity index is 1.55. The van der Waals surface area contributed by atoms with Crippen LogP contribution >= 0.6 is 0 Å². The molecule has 12 heteroatoms. The summed E-state index contributed by atoms with van der Waals surface area (Å²) < 4.78 is 28.9. The molecule has 1 aliphatic heterocycles. The number of nitrogens with two attached hydrogens (primary N) is 1. The standard InChI is InChI=1S/C27H28F2N6O4/c1-34-12-5-8-22(34)26(38)35-13-11-20(33-27(39)32-19-10-9-17(28)15-18(19)29)23(35)25(37)31-21(24(30)36)14-16-6-3-2-4-7-16/h2-10,12,15,20-21,23H,11,13-14H2,1H3,(H2,30,36)(H,31,37)(H2,32,33,39)/t20-,21+,23-/m0/s1. The van der Waals surface area contributed by atoms with E-state index in [0.717, 1.165) is 17.7 Å². The number of aromatic nitrogens is 1. The van der Waals surface area contributed by atoms with Crippen LogP contribution in [0.5, 0.6) is 0 Å². The van der Waals surface area contributed by atoms with Gasteiger partial charge in [0, 0.05) is 32.3 Å². The first-order valence-corrected chi connectivity index (χ1v) is 12.2. The fourth-order valence-electron chi connectivity index (χ4n) is 4.57. The van der Waals surface area contributed by atoms with Gasteiger partial charge in [-0.2, -0.15) is 0 Å². The van der Waals surface area contributed by atoms with Crippen LogP contribution < -0.4 is 21.7 Å². The van der Waals surface area contributed by atoms with Gasteiger partial charge in [0.25, 0.3) is 5.91 Å². The van der Waals surface area contributed by atoms with Crippen molar-refractivity contribution in [1.29, 1.82) is 0 Å². The van der Waals surface area contributed by atoms with Gasteiger partial charge in [0.05, 0.1) is 11.7 Å². The van der Waals surface area contributed by atoms with Gasteiger partial charge >= 0.3 is 6.03 Å². The number of nitrogens with one attached hydrogen (secondary N) is 3. The zero-order valence-corrected chi connectivity index (χ0v) is 21.1. The van der Waals surface area contributed by atoms with Crippen molar-refractivity contribution < 1.29 is 28.0 Å². The fourth-order valence-corrected chi connectivity index (χ4v) is 4.57. The molecule has 10 nitrogen and oxygen atoms in total. The van der Waals surface area contributed by atoms with Gasteiger partial charge in [-0.15, -0.1) is 0 Å². The molecular weight excluding hydrogens is 510 g/mol. The molecule has 1 aromatic heterocycles. The average molecular weight is 539 g/mol. The minimum Gasteiger partial charge on any atom is -0.368 e.